The summed E-state index contributed by atoms with van der Waals surface area (Å²) in [6, 6.07) is 3.91. The van der Waals surface area contributed by atoms with Gasteiger partial charge in [0.05, 0.1) is 5.25 Å². The summed E-state index contributed by atoms with van der Waals surface area (Å²) in [5.74, 6) is 0.962. The lowest BCUT2D eigenvalue weighted by Gasteiger charge is -2.31. The van der Waals surface area contributed by atoms with Crippen molar-refractivity contribution in [2.45, 2.75) is 94.1 Å². The zero-order valence-corrected chi connectivity index (χ0v) is 20.3. The largest absolute Gasteiger partial charge is 0.335 e. The van der Waals surface area contributed by atoms with Crippen molar-refractivity contribution in [3.63, 3.8) is 0 Å². The Labute approximate surface area is 199 Å². The van der Waals surface area contributed by atoms with Crippen LogP contribution in [-0.4, -0.2) is 43.0 Å². The third-order valence-corrected chi connectivity index (χ3v) is 7.87. The molecule has 0 aromatic carbocycles. The van der Waals surface area contributed by atoms with Gasteiger partial charge in [-0.3, -0.25) is 19.7 Å². The van der Waals surface area contributed by atoms with Gasteiger partial charge in [0.15, 0.2) is 11.0 Å². The molecule has 0 aliphatic heterocycles. The van der Waals surface area contributed by atoms with Crippen LogP contribution in [-0.2, 0) is 4.79 Å². The van der Waals surface area contributed by atoms with Crippen LogP contribution in [0.2, 0.25) is 0 Å². The summed E-state index contributed by atoms with van der Waals surface area (Å²) in [6.07, 6.45) is 13.6. The first-order valence-electron chi connectivity index (χ1n) is 12.2. The molecule has 178 valence electrons. The lowest BCUT2D eigenvalue weighted by molar-refractivity contribution is -0.119. The first kappa shape index (κ1) is 23.7. The molecule has 2 saturated carbocycles. The molecular formula is C24H34N6O2S. The van der Waals surface area contributed by atoms with Crippen LogP contribution in [0.4, 0.5) is 4.79 Å². The van der Waals surface area contributed by atoms with E-state index in [4.69, 9.17) is 0 Å². The molecule has 0 bridgehead atoms. The number of nitrogens with zero attached hydrogens (tertiary/aromatic N) is 4. The number of carbonyl (C=O) groups excluding carboxylic acids is 2. The van der Waals surface area contributed by atoms with Crippen molar-refractivity contribution < 1.29 is 9.59 Å². The smallest absolute Gasteiger partial charge is 0.321 e. The number of imide groups is 1. The second-order valence-electron chi connectivity index (χ2n) is 9.30. The molecule has 33 heavy (non-hydrogen) atoms. The van der Waals surface area contributed by atoms with Crippen molar-refractivity contribution in [3.8, 4) is 11.4 Å². The first-order chi connectivity index (χ1) is 16.0. The Morgan fingerprint density at radius 1 is 1.09 bits per heavy atom. The zero-order chi connectivity index (χ0) is 23.2. The van der Waals surface area contributed by atoms with E-state index >= 15 is 0 Å². The fraction of sp³-hybridized carbons (Fsp3) is 0.625. The Hall–Kier alpha value is -2.42. The van der Waals surface area contributed by atoms with Gasteiger partial charge in [0.1, 0.15) is 0 Å². The number of hydrogen-bond acceptors (Lipinski definition) is 6. The maximum absolute atomic E-state index is 12.8. The van der Waals surface area contributed by atoms with Crippen LogP contribution in [0.3, 0.4) is 0 Å². The normalized spacial score (nSPS) is 22.5. The molecule has 2 fully saturated rings. The molecule has 3 unspecified atom stereocenters. The van der Waals surface area contributed by atoms with Gasteiger partial charge < -0.3 is 5.32 Å². The molecule has 2 N–H and O–H groups in total. The van der Waals surface area contributed by atoms with E-state index in [2.05, 4.69) is 37.3 Å². The molecule has 2 aromatic rings. The fourth-order valence-electron chi connectivity index (χ4n) is 4.92. The van der Waals surface area contributed by atoms with Crippen LogP contribution in [0.25, 0.3) is 11.4 Å². The summed E-state index contributed by atoms with van der Waals surface area (Å²) in [7, 11) is 0. The average molecular weight is 471 g/mol. The van der Waals surface area contributed by atoms with Gasteiger partial charge in [-0.15, -0.1) is 10.2 Å². The highest BCUT2D eigenvalue weighted by Gasteiger charge is 2.30. The zero-order valence-electron chi connectivity index (χ0n) is 19.5. The monoisotopic (exact) mass is 470 g/mol. The molecule has 4 rings (SSSR count). The second-order valence-corrected chi connectivity index (χ2v) is 10.6. The van der Waals surface area contributed by atoms with Crippen molar-refractivity contribution in [2.75, 3.05) is 0 Å². The maximum Gasteiger partial charge on any atom is 0.321 e. The molecule has 3 atom stereocenters. The summed E-state index contributed by atoms with van der Waals surface area (Å²) in [6.45, 7) is 4.08. The van der Waals surface area contributed by atoms with E-state index < -0.39 is 11.3 Å². The summed E-state index contributed by atoms with van der Waals surface area (Å²) in [5.41, 5.74) is 0.915. The van der Waals surface area contributed by atoms with Gasteiger partial charge in [0.25, 0.3) is 0 Å². The highest BCUT2D eigenvalue weighted by molar-refractivity contribution is 8.00. The SMILES string of the molecule is CC(Sc1nnc(-c2cccnc2)n1C1CCCCC1C)C(=O)NC(=O)NC1CCCCC1. The molecule has 2 aliphatic carbocycles. The molecule has 2 aromatic heterocycles. The maximum atomic E-state index is 12.8. The number of pyridine rings is 1. The van der Waals surface area contributed by atoms with E-state index in [0.29, 0.717) is 11.1 Å². The highest BCUT2D eigenvalue weighted by atomic mass is 32.2. The first-order valence-corrected chi connectivity index (χ1v) is 13.0. The standard InChI is InChI=1S/C24H34N6O2S/c1-16-9-6-7-13-20(16)30-21(18-10-8-14-25-15-18)28-29-24(30)33-17(2)22(31)27-23(32)26-19-11-4-3-5-12-19/h8,10,14-17,19-20H,3-7,9,11-13H2,1-2H3,(H2,26,27,31,32). The summed E-state index contributed by atoms with van der Waals surface area (Å²) >= 11 is 1.35. The van der Waals surface area contributed by atoms with Crippen LogP contribution in [0.15, 0.2) is 29.7 Å². The van der Waals surface area contributed by atoms with Gasteiger partial charge in [-0.1, -0.05) is 50.8 Å². The Kier molecular flexibility index (Phi) is 8.01. The van der Waals surface area contributed by atoms with Crippen molar-refractivity contribution in [2.24, 2.45) is 5.92 Å². The lowest BCUT2D eigenvalue weighted by Crippen LogP contribution is -2.47. The number of nitrogens with one attached hydrogen (secondary N) is 2. The molecule has 0 spiro atoms. The lowest BCUT2D eigenvalue weighted by atomic mass is 9.85. The second kappa shape index (κ2) is 11.1. The van der Waals surface area contributed by atoms with E-state index in [1.807, 2.05) is 12.1 Å². The van der Waals surface area contributed by atoms with E-state index in [0.717, 1.165) is 49.9 Å². The third kappa shape index (κ3) is 5.93. The number of aromatic nitrogens is 4. The minimum atomic E-state index is -0.481. The number of carbonyl (C=O) groups is 2. The molecule has 0 saturated heterocycles. The van der Waals surface area contributed by atoms with Crippen LogP contribution in [0.5, 0.6) is 0 Å². The average Bonchev–Trinajstić information content (AvgIpc) is 3.23. The number of amides is 3. The fourth-order valence-corrected chi connectivity index (χ4v) is 5.83. The van der Waals surface area contributed by atoms with Crippen LogP contribution >= 0.6 is 11.8 Å². The van der Waals surface area contributed by atoms with E-state index in [1.54, 1.807) is 19.3 Å². The van der Waals surface area contributed by atoms with E-state index in [1.165, 1.54) is 31.0 Å². The van der Waals surface area contributed by atoms with Gasteiger partial charge in [-0.05, 0) is 50.7 Å². The Morgan fingerprint density at radius 3 is 2.58 bits per heavy atom. The van der Waals surface area contributed by atoms with Gasteiger partial charge in [0, 0.05) is 30.0 Å². The summed E-state index contributed by atoms with van der Waals surface area (Å²) in [4.78, 5) is 29.3. The van der Waals surface area contributed by atoms with Gasteiger partial charge in [0.2, 0.25) is 5.91 Å². The van der Waals surface area contributed by atoms with Crippen LogP contribution < -0.4 is 10.6 Å². The van der Waals surface area contributed by atoms with E-state index in [-0.39, 0.29) is 18.0 Å². The number of urea groups is 1. The molecule has 0 radical (unpaired) electrons. The molecular weight excluding hydrogens is 436 g/mol. The topological polar surface area (TPSA) is 102 Å². The Bertz CT molecular complexity index is 944. The third-order valence-electron chi connectivity index (χ3n) is 6.81. The predicted molar refractivity (Wildman–Crippen MR) is 129 cm³/mol. The van der Waals surface area contributed by atoms with Crippen LogP contribution in [0.1, 0.15) is 77.7 Å². The van der Waals surface area contributed by atoms with E-state index in [9.17, 15) is 9.59 Å². The predicted octanol–water partition coefficient (Wildman–Crippen LogP) is 4.73. The van der Waals surface area contributed by atoms with Crippen LogP contribution in [0, 0.1) is 5.92 Å². The van der Waals surface area contributed by atoms with Crippen molar-refractivity contribution >= 4 is 23.7 Å². The number of thioether (sulfide) groups is 1. The Morgan fingerprint density at radius 2 is 1.85 bits per heavy atom. The van der Waals surface area contributed by atoms with Gasteiger partial charge in [-0.25, -0.2) is 4.79 Å². The Balaban J connectivity index is 1.48. The number of rotatable bonds is 6. The van der Waals surface area contributed by atoms with Crippen molar-refractivity contribution in [1.29, 1.82) is 0 Å². The molecule has 9 heteroatoms. The number of hydrogen-bond donors (Lipinski definition) is 2. The molecule has 2 aliphatic rings. The minimum Gasteiger partial charge on any atom is -0.335 e. The molecule has 8 nitrogen and oxygen atoms in total. The molecule has 3 amide bonds. The van der Waals surface area contributed by atoms with Gasteiger partial charge >= 0.3 is 6.03 Å². The van der Waals surface area contributed by atoms with Crippen molar-refractivity contribution in [3.05, 3.63) is 24.5 Å². The molecule has 2 heterocycles. The van der Waals surface area contributed by atoms with Gasteiger partial charge in [-0.2, -0.15) is 0 Å². The minimum absolute atomic E-state index is 0.160. The van der Waals surface area contributed by atoms with Crippen molar-refractivity contribution in [1.82, 2.24) is 30.4 Å². The summed E-state index contributed by atoms with van der Waals surface area (Å²) < 4.78 is 2.19. The summed E-state index contributed by atoms with van der Waals surface area (Å²) in [5, 5.41) is 14.6. The highest BCUT2D eigenvalue weighted by Crippen LogP contribution is 2.39. The quantitative estimate of drug-likeness (QED) is 0.592.